The zero-order chi connectivity index (χ0) is 13.1. The Labute approximate surface area is 102 Å². The minimum absolute atomic E-state index is 0.302. The Bertz CT molecular complexity index is 359. The first-order chi connectivity index (χ1) is 7.83. The van der Waals surface area contributed by atoms with Gasteiger partial charge in [0.25, 0.3) is 0 Å². The molecular weight excluding hydrogens is 244 g/mol. The molecule has 0 spiro atoms. The summed E-state index contributed by atoms with van der Waals surface area (Å²) in [6, 6.07) is 0.416. The average Bonchev–Trinajstić information content (AvgIpc) is 2.27. The van der Waals surface area contributed by atoms with E-state index in [1.807, 2.05) is 0 Å². The Kier molecular flexibility index (Phi) is 4.91. The minimum atomic E-state index is -3.40. The Morgan fingerprint density at radius 1 is 1.24 bits per heavy atom. The van der Waals surface area contributed by atoms with Crippen molar-refractivity contribution in [1.29, 1.82) is 0 Å². The number of piperazine rings is 1. The van der Waals surface area contributed by atoms with Crippen LogP contribution in [0, 0.1) is 0 Å². The summed E-state index contributed by atoms with van der Waals surface area (Å²) in [4.78, 5) is 12.6. The van der Waals surface area contributed by atoms with Gasteiger partial charge >= 0.3 is 5.97 Å². The molecule has 6 nitrogen and oxygen atoms in total. The van der Waals surface area contributed by atoms with Gasteiger partial charge in [-0.1, -0.05) is 0 Å². The third-order valence-electron chi connectivity index (χ3n) is 2.97. The molecule has 0 aromatic heterocycles. The Balaban J connectivity index is 2.50. The van der Waals surface area contributed by atoms with Gasteiger partial charge in [-0.2, -0.15) is 4.31 Å². The van der Waals surface area contributed by atoms with E-state index < -0.39 is 16.0 Å². The van der Waals surface area contributed by atoms with E-state index >= 15 is 0 Å². The molecule has 0 aromatic carbocycles. The number of sulfonamides is 1. The normalized spacial score (nSPS) is 19.7. The van der Waals surface area contributed by atoms with Crippen molar-refractivity contribution in [1.82, 2.24) is 9.21 Å². The van der Waals surface area contributed by atoms with E-state index in [2.05, 4.69) is 18.7 Å². The molecule has 0 radical (unpaired) electrons. The smallest absolute Gasteiger partial charge is 0.304 e. The number of carbonyl (C=O) groups is 1. The molecule has 7 heteroatoms. The summed E-state index contributed by atoms with van der Waals surface area (Å²) in [5.41, 5.74) is 0. The van der Waals surface area contributed by atoms with Gasteiger partial charge in [0.1, 0.15) is 0 Å². The van der Waals surface area contributed by atoms with Crippen molar-refractivity contribution in [2.75, 3.05) is 31.9 Å². The zero-order valence-electron chi connectivity index (χ0n) is 10.3. The van der Waals surface area contributed by atoms with Crippen LogP contribution in [-0.2, 0) is 14.8 Å². The fourth-order valence-electron chi connectivity index (χ4n) is 1.84. The monoisotopic (exact) mass is 264 g/mol. The van der Waals surface area contributed by atoms with Gasteiger partial charge < -0.3 is 5.11 Å². The van der Waals surface area contributed by atoms with Crippen molar-refractivity contribution in [3.05, 3.63) is 0 Å². The van der Waals surface area contributed by atoms with Crippen LogP contribution in [0.1, 0.15) is 20.3 Å². The number of hydrogen-bond donors (Lipinski definition) is 1. The van der Waals surface area contributed by atoms with E-state index in [-0.39, 0.29) is 12.2 Å². The Hall–Kier alpha value is -0.660. The quantitative estimate of drug-likeness (QED) is 0.745. The lowest BCUT2D eigenvalue weighted by Crippen LogP contribution is -2.51. The van der Waals surface area contributed by atoms with Crippen molar-refractivity contribution < 1.29 is 18.3 Å². The van der Waals surface area contributed by atoms with E-state index in [1.54, 1.807) is 0 Å². The van der Waals surface area contributed by atoms with Gasteiger partial charge in [-0.3, -0.25) is 9.69 Å². The van der Waals surface area contributed by atoms with Crippen molar-refractivity contribution in [3.63, 3.8) is 0 Å². The predicted octanol–water partition coefficient (Wildman–Crippen LogP) is -0.183. The number of hydrogen-bond acceptors (Lipinski definition) is 4. The molecule has 1 heterocycles. The summed E-state index contributed by atoms with van der Waals surface area (Å²) >= 11 is 0. The molecule has 1 N–H and O–H groups in total. The number of carboxylic acids is 1. The number of aliphatic carboxylic acids is 1. The molecule has 1 saturated heterocycles. The van der Waals surface area contributed by atoms with E-state index in [1.165, 1.54) is 4.31 Å². The van der Waals surface area contributed by atoms with E-state index in [0.29, 0.717) is 32.2 Å². The van der Waals surface area contributed by atoms with Gasteiger partial charge in [-0.05, 0) is 13.8 Å². The first-order valence-electron chi connectivity index (χ1n) is 5.76. The highest BCUT2D eigenvalue weighted by atomic mass is 32.2. The summed E-state index contributed by atoms with van der Waals surface area (Å²) in [7, 11) is -3.40. The van der Waals surface area contributed by atoms with E-state index in [4.69, 9.17) is 5.11 Å². The Morgan fingerprint density at radius 3 is 2.18 bits per heavy atom. The zero-order valence-corrected chi connectivity index (χ0v) is 11.1. The van der Waals surface area contributed by atoms with Crippen molar-refractivity contribution in [2.24, 2.45) is 0 Å². The number of rotatable bonds is 5. The maximum absolute atomic E-state index is 11.8. The molecule has 1 aliphatic heterocycles. The van der Waals surface area contributed by atoms with Crippen molar-refractivity contribution >= 4 is 16.0 Å². The van der Waals surface area contributed by atoms with Gasteiger partial charge in [-0.25, -0.2) is 8.42 Å². The SMILES string of the molecule is CC(C)N1CCN(S(=O)(=O)CCC(=O)O)CC1. The van der Waals surface area contributed by atoms with Crippen LogP contribution < -0.4 is 0 Å². The van der Waals surface area contributed by atoms with Crippen LogP contribution >= 0.6 is 0 Å². The summed E-state index contributed by atoms with van der Waals surface area (Å²) in [5, 5.41) is 8.50. The number of nitrogens with zero attached hydrogens (tertiary/aromatic N) is 2. The van der Waals surface area contributed by atoms with Gasteiger partial charge in [0.15, 0.2) is 0 Å². The highest BCUT2D eigenvalue weighted by Gasteiger charge is 2.27. The van der Waals surface area contributed by atoms with Crippen LogP contribution in [0.2, 0.25) is 0 Å². The molecule has 0 saturated carbocycles. The average molecular weight is 264 g/mol. The first kappa shape index (κ1) is 14.4. The topological polar surface area (TPSA) is 77.9 Å². The molecule has 0 bridgehead atoms. The fraction of sp³-hybridized carbons (Fsp3) is 0.900. The maximum atomic E-state index is 11.8. The molecule has 17 heavy (non-hydrogen) atoms. The third-order valence-corrected chi connectivity index (χ3v) is 4.84. The molecular formula is C10H20N2O4S. The molecule has 1 rings (SSSR count). The lowest BCUT2D eigenvalue weighted by molar-refractivity contribution is -0.136. The van der Waals surface area contributed by atoms with Crippen LogP contribution in [0.3, 0.4) is 0 Å². The van der Waals surface area contributed by atoms with Gasteiger partial charge in [-0.15, -0.1) is 0 Å². The number of carboxylic acid groups (broad SMARTS) is 1. The highest BCUT2D eigenvalue weighted by Crippen LogP contribution is 2.11. The second-order valence-electron chi connectivity index (χ2n) is 4.49. The van der Waals surface area contributed by atoms with Gasteiger partial charge in [0.05, 0.1) is 12.2 Å². The van der Waals surface area contributed by atoms with Crippen LogP contribution in [0.25, 0.3) is 0 Å². The second-order valence-corrected chi connectivity index (χ2v) is 6.58. The van der Waals surface area contributed by atoms with E-state index in [0.717, 1.165) is 0 Å². The lowest BCUT2D eigenvalue weighted by atomic mass is 10.3. The highest BCUT2D eigenvalue weighted by molar-refractivity contribution is 7.89. The van der Waals surface area contributed by atoms with Crippen LogP contribution in [0.15, 0.2) is 0 Å². The first-order valence-corrected chi connectivity index (χ1v) is 7.37. The molecule has 1 fully saturated rings. The molecule has 100 valence electrons. The van der Waals surface area contributed by atoms with E-state index in [9.17, 15) is 13.2 Å². The lowest BCUT2D eigenvalue weighted by Gasteiger charge is -2.36. The summed E-state index contributed by atoms with van der Waals surface area (Å²) in [6.07, 6.45) is -0.327. The fourth-order valence-corrected chi connectivity index (χ4v) is 3.25. The summed E-state index contributed by atoms with van der Waals surface area (Å²) in [5.74, 6) is -1.38. The van der Waals surface area contributed by atoms with Crippen LogP contribution in [0.4, 0.5) is 0 Å². The predicted molar refractivity (Wildman–Crippen MR) is 64.3 cm³/mol. The van der Waals surface area contributed by atoms with Gasteiger partial charge in [0.2, 0.25) is 10.0 Å². The van der Waals surface area contributed by atoms with Gasteiger partial charge in [0, 0.05) is 32.2 Å². The maximum Gasteiger partial charge on any atom is 0.304 e. The van der Waals surface area contributed by atoms with Crippen molar-refractivity contribution in [3.8, 4) is 0 Å². The third kappa shape index (κ3) is 4.25. The molecule has 0 aromatic rings. The second kappa shape index (κ2) is 5.79. The summed E-state index contributed by atoms with van der Waals surface area (Å²) < 4.78 is 25.0. The minimum Gasteiger partial charge on any atom is -0.481 e. The van der Waals surface area contributed by atoms with Crippen molar-refractivity contribution in [2.45, 2.75) is 26.3 Å². The standard InChI is InChI=1S/C10H20N2O4S/c1-9(2)11-4-6-12(7-5-11)17(15,16)8-3-10(13)14/h9H,3-8H2,1-2H3,(H,13,14). The molecule has 0 aliphatic carbocycles. The largest absolute Gasteiger partial charge is 0.481 e. The molecule has 0 amide bonds. The molecule has 0 unspecified atom stereocenters. The van der Waals surface area contributed by atoms with Crippen LogP contribution in [0.5, 0.6) is 0 Å². The molecule has 0 atom stereocenters. The Morgan fingerprint density at radius 2 is 1.76 bits per heavy atom. The van der Waals surface area contributed by atoms with Crippen LogP contribution in [-0.4, -0.2) is 66.7 Å². The summed E-state index contributed by atoms with van der Waals surface area (Å²) in [6.45, 7) is 6.50. The molecule has 1 aliphatic rings.